The maximum Gasteiger partial charge on any atom is 0.406 e. The van der Waals surface area contributed by atoms with Crippen LogP contribution in [-0.2, 0) is 0 Å². The molecule has 0 unspecified atom stereocenters. The minimum atomic E-state index is -4.42. The van der Waals surface area contributed by atoms with E-state index in [1.165, 1.54) is 13.0 Å². The number of nitrogens with zero attached hydrogens (tertiary/aromatic N) is 1. The molecule has 0 spiro atoms. The highest BCUT2D eigenvalue weighted by atomic mass is 19.4. The Morgan fingerprint density at radius 1 is 1.33 bits per heavy atom. The fraction of sp³-hybridized carbons (Fsp3) is 0.400. The predicted octanol–water partition coefficient (Wildman–Crippen LogP) is 2.33. The molecule has 1 rings (SSSR count). The molecule has 0 fully saturated rings. The first-order valence-corrected chi connectivity index (χ1v) is 6.43. The predicted molar refractivity (Wildman–Crippen MR) is 74.7 cm³/mol. The highest BCUT2D eigenvalue weighted by Crippen LogP contribution is 2.19. The molecule has 0 aliphatic carbocycles. The molecule has 0 saturated carbocycles. The average Bonchev–Trinajstić information content (AvgIpc) is 2.40. The Kier molecular flexibility index (Phi) is 5.79. The molecular weight excluding hydrogens is 281 g/mol. The van der Waals surface area contributed by atoms with Crippen molar-refractivity contribution in [2.75, 3.05) is 19.6 Å². The van der Waals surface area contributed by atoms with Gasteiger partial charge in [-0.2, -0.15) is 13.2 Å². The number of aryl methyl sites for hydroxylation is 1. The number of carbonyl (C=O) groups is 1. The summed E-state index contributed by atoms with van der Waals surface area (Å²) in [4.78, 5) is 12.9. The van der Waals surface area contributed by atoms with E-state index < -0.39 is 18.6 Å². The first-order valence-electron chi connectivity index (χ1n) is 6.43. The highest BCUT2D eigenvalue weighted by Gasteiger charge is 2.32. The summed E-state index contributed by atoms with van der Waals surface area (Å²) in [6.45, 7) is 2.15. The van der Waals surface area contributed by atoms with E-state index in [2.05, 4.69) is 11.8 Å². The monoisotopic (exact) mass is 298 g/mol. The van der Waals surface area contributed by atoms with Crippen molar-refractivity contribution in [1.82, 2.24) is 4.90 Å². The molecule has 0 bridgehead atoms. The third-order valence-corrected chi connectivity index (χ3v) is 2.70. The second kappa shape index (κ2) is 7.14. The van der Waals surface area contributed by atoms with Crippen LogP contribution in [0.15, 0.2) is 18.2 Å². The fourth-order valence-corrected chi connectivity index (χ4v) is 1.86. The molecule has 2 N–H and O–H groups in total. The quantitative estimate of drug-likeness (QED) is 0.871. The lowest BCUT2D eigenvalue weighted by molar-refractivity contribution is -0.140. The molecule has 3 nitrogen and oxygen atoms in total. The van der Waals surface area contributed by atoms with E-state index in [0.29, 0.717) is 5.56 Å². The van der Waals surface area contributed by atoms with Gasteiger partial charge in [0, 0.05) is 17.7 Å². The summed E-state index contributed by atoms with van der Waals surface area (Å²) in [7, 11) is 0. The van der Waals surface area contributed by atoms with E-state index in [4.69, 9.17) is 5.73 Å². The number of amides is 1. The molecule has 0 radical (unpaired) electrons. The molecule has 1 amide bonds. The van der Waals surface area contributed by atoms with Crippen LogP contribution in [0.5, 0.6) is 0 Å². The Morgan fingerprint density at radius 3 is 2.52 bits per heavy atom. The van der Waals surface area contributed by atoms with Gasteiger partial charge in [-0.25, -0.2) is 0 Å². The molecule has 21 heavy (non-hydrogen) atoms. The number of carbonyl (C=O) groups excluding carboxylic acids is 1. The van der Waals surface area contributed by atoms with Crippen LogP contribution in [0, 0.1) is 18.8 Å². The molecule has 0 aliphatic rings. The van der Waals surface area contributed by atoms with Crippen LogP contribution in [0.1, 0.15) is 28.4 Å². The van der Waals surface area contributed by atoms with Gasteiger partial charge >= 0.3 is 6.18 Å². The lowest BCUT2D eigenvalue weighted by atomic mass is 10.1. The van der Waals surface area contributed by atoms with Crippen molar-refractivity contribution in [1.29, 1.82) is 0 Å². The topological polar surface area (TPSA) is 46.3 Å². The Labute approximate surface area is 121 Å². The summed E-state index contributed by atoms with van der Waals surface area (Å²) in [6.07, 6.45) is -4.42. The number of benzene rings is 1. The van der Waals surface area contributed by atoms with Crippen molar-refractivity contribution in [2.24, 2.45) is 5.73 Å². The molecule has 0 aliphatic heterocycles. The lowest BCUT2D eigenvalue weighted by Gasteiger charge is -2.22. The van der Waals surface area contributed by atoms with Gasteiger partial charge in [0.05, 0.1) is 6.54 Å². The molecule has 114 valence electrons. The van der Waals surface area contributed by atoms with Gasteiger partial charge < -0.3 is 10.6 Å². The summed E-state index contributed by atoms with van der Waals surface area (Å²) in [6, 6.07) is 4.78. The first-order chi connectivity index (χ1) is 9.76. The van der Waals surface area contributed by atoms with Gasteiger partial charge in [-0.05, 0) is 37.6 Å². The molecule has 6 heteroatoms. The lowest BCUT2D eigenvalue weighted by Crippen LogP contribution is -2.38. The van der Waals surface area contributed by atoms with E-state index in [0.717, 1.165) is 10.5 Å². The second-order valence-corrected chi connectivity index (χ2v) is 4.53. The number of rotatable bonds is 3. The Balaban J connectivity index is 3.08. The van der Waals surface area contributed by atoms with Crippen molar-refractivity contribution in [3.8, 4) is 11.8 Å². The smallest absolute Gasteiger partial charge is 0.330 e. The SMILES string of the molecule is CCN(CC(F)(F)F)C(=O)c1cc(C)cc(C#CCN)c1. The van der Waals surface area contributed by atoms with Gasteiger partial charge in [0.25, 0.3) is 5.91 Å². The van der Waals surface area contributed by atoms with Gasteiger partial charge in [0.15, 0.2) is 0 Å². The maximum atomic E-state index is 12.5. The first kappa shape index (κ1) is 17.1. The number of alkyl halides is 3. The summed E-state index contributed by atoms with van der Waals surface area (Å²) < 4.78 is 37.4. The minimum absolute atomic E-state index is 0.0178. The van der Waals surface area contributed by atoms with E-state index in [1.807, 2.05) is 0 Å². The zero-order chi connectivity index (χ0) is 16.0. The van der Waals surface area contributed by atoms with Gasteiger partial charge in [-0.15, -0.1) is 0 Å². The zero-order valence-corrected chi connectivity index (χ0v) is 11.9. The molecule has 0 saturated heterocycles. The summed E-state index contributed by atoms with van der Waals surface area (Å²) in [5.41, 5.74) is 6.79. The van der Waals surface area contributed by atoms with Crippen molar-refractivity contribution in [3.05, 3.63) is 34.9 Å². The molecule has 0 atom stereocenters. The third kappa shape index (κ3) is 5.48. The molecule has 0 aromatic heterocycles. The number of hydrogen-bond acceptors (Lipinski definition) is 2. The van der Waals surface area contributed by atoms with Gasteiger partial charge in [-0.3, -0.25) is 4.79 Å². The van der Waals surface area contributed by atoms with Crippen LogP contribution >= 0.6 is 0 Å². The van der Waals surface area contributed by atoms with Crippen LogP contribution in [0.25, 0.3) is 0 Å². The Bertz CT molecular complexity index is 571. The molecule has 1 aromatic carbocycles. The largest absolute Gasteiger partial charge is 0.406 e. The highest BCUT2D eigenvalue weighted by molar-refractivity contribution is 5.94. The Hall–Kier alpha value is -2.00. The van der Waals surface area contributed by atoms with Gasteiger partial charge in [0.2, 0.25) is 0 Å². The van der Waals surface area contributed by atoms with Crippen molar-refractivity contribution in [3.63, 3.8) is 0 Å². The van der Waals surface area contributed by atoms with Crippen molar-refractivity contribution >= 4 is 5.91 Å². The van der Waals surface area contributed by atoms with Crippen molar-refractivity contribution in [2.45, 2.75) is 20.0 Å². The number of halogens is 3. The fourth-order valence-electron chi connectivity index (χ4n) is 1.86. The van der Waals surface area contributed by atoms with Crippen LogP contribution in [0.2, 0.25) is 0 Å². The number of nitrogens with two attached hydrogens (primary N) is 1. The zero-order valence-electron chi connectivity index (χ0n) is 11.9. The minimum Gasteiger partial charge on any atom is -0.330 e. The van der Waals surface area contributed by atoms with Gasteiger partial charge in [0.1, 0.15) is 6.54 Å². The molecule has 1 aromatic rings. The normalized spacial score (nSPS) is 10.8. The standard InChI is InChI=1S/C15H17F3N2O/c1-3-20(10-15(16,17)18)14(21)13-8-11(2)7-12(9-13)5-4-6-19/h7-9H,3,6,10,19H2,1-2H3. The Morgan fingerprint density at radius 2 is 2.00 bits per heavy atom. The van der Waals surface area contributed by atoms with Gasteiger partial charge in [-0.1, -0.05) is 11.8 Å². The second-order valence-electron chi connectivity index (χ2n) is 4.53. The third-order valence-electron chi connectivity index (χ3n) is 2.70. The van der Waals surface area contributed by atoms with E-state index >= 15 is 0 Å². The van der Waals surface area contributed by atoms with Crippen LogP contribution < -0.4 is 5.73 Å². The number of hydrogen-bond donors (Lipinski definition) is 1. The van der Waals surface area contributed by atoms with E-state index in [-0.39, 0.29) is 18.7 Å². The summed E-state index contributed by atoms with van der Waals surface area (Å²) in [5, 5.41) is 0. The van der Waals surface area contributed by atoms with Crippen LogP contribution in [-0.4, -0.2) is 36.6 Å². The summed E-state index contributed by atoms with van der Waals surface area (Å²) >= 11 is 0. The maximum absolute atomic E-state index is 12.5. The molecule has 0 heterocycles. The van der Waals surface area contributed by atoms with E-state index in [1.54, 1.807) is 19.1 Å². The van der Waals surface area contributed by atoms with Crippen molar-refractivity contribution < 1.29 is 18.0 Å². The van der Waals surface area contributed by atoms with Crippen LogP contribution in [0.4, 0.5) is 13.2 Å². The summed E-state index contributed by atoms with van der Waals surface area (Å²) in [5.74, 6) is 4.77. The average molecular weight is 298 g/mol. The van der Waals surface area contributed by atoms with E-state index in [9.17, 15) is 18.0 Å². The molecular formula is C15H17F3N2O. The van der Waals surface area contributed by atoms with Crippen LogP contribution in [0.3, 0.4) is 0 Å².